The molecular formula is C16H14N4O3S. The highest BCUT2D eigenvalue weighted by Crippen LogP contribution is 2.23. The van der Waals surface area contributed by atoms with Gasteiger partial charge in [-0.3, -0.25) is 9.78 Å². The highest BCUT2D eigenvalue weighted by atomic mass is 32.2. The molecular weight excluding hydrogens is 328 g/mol. The summed E-state index contributed by atoms with van der Waals surface area (Å²) >= 11 is 0. The summed E-state index contributed by atoms with van der Waals surface area (Å²) in [6, 6.07) is 12.7. The summed E-state index contributed by atoms with van der Waals surface area (Å²) < 4.78 is 26.2. The number of nitrogens with one attached hydrogen (secondary N) is 1. The lowest BCUT2D eigenvalue weighted by Crippen LogP contribution is -2.29. The molecule has 0 saturated carbocycles. The first-order valence-electron chi connectivity index (χ1n) is 7.02. The number of para-hydroxylation sites is 1. The Kier molecular flexibility index (Phi) is 4.13. The smallest absolute Gasteiger partial charge is 0.268 e. The van der Waals surface area contributed by atoms with Crippen molar-refractivity contribution in [2.45, 2.75) is 0 Å². The van der Waals surface area contributed by atoms with E-state index in [9.17, 15) is 13.2 Å². The molecule has 1 amide bonds. The van der Waals surface area contributed by atoms with Crippen LogP contribution in [0.2, 0.25) is 0 Å². The van der Waals surface area contributed by atoms with Crippen molar-refractivity contribution in [3.63, 3.8) is 0 Å². The minimum Gasteiger partial charge on any atom is -0.268 e. The molecule has 0 fully saturated rings. The molecule has 0 saturated heterocycles. The fourth-order valence-corrected chi connectivity index (χ4v) is 2.64. The molecule has 1 aromatic carbocycles. The van der Waals surface area contributed by atoms with Crippen LogP contribution in [0, 0.1) is 0 Å². The molecule has 0 unspecified atom stereocenters. The number of pyridine rings is 1. The number of hydrogen-bond acceptors (Lipinski definition) is 5. The second-order valence-electron chi connectivity index (χ2n) is 5.12. The quantitative estimate of drug-likeness (QED) is 0.777. The lowest BCUT2D eigenvalue weighted by Gasteiger charge is -2.02. The maximum absolute atomic E-state index is 12.3. The molecule has 0 aliphatic rings. The Hall–Kier alpha value is -3.00. The van der Waals surface area contributed by atoms with Crippen LogP contribution in [0.3, 0.4) is 0 Å². The second-order valence-corrected chi connectivity index (χ2v) is 6.87. The third-order valence-corrected chi connectivity index (χ3v) is 3.75. The number of sulfonamides is 1. The predicted molar refractivity (Wildman–Crippen MR) is 89.1 cm³/mol. The number of benzene rings is 1. The van der Waals surface area contributed by atoms with Gasteiger partial charge in [0.25, 0.3) is 5.91 Å². The van der Waals surface area contributed by atoms with E-state index in [4.69, 9.17) is 0 Å². The van der Waals surface area contributed by atoms with Crippen molar-refractivity contribution in [3.05, 3.63) is 66.6 Å². The Morgan fingerprint density at radius 2 is 1.88 bits per heavy atom. The van der Waals surface area contributed by atoms with E-state index in [2.05, 4.69) is 10.1 Å². The largest absolute Gasteiger partial charge is 0.268 e. The van der Waals surface area contributed by atoms with E-state index in [1.165, 1.54) is 10.9 Å². The van der Waals surface area contributed by atoms with Crippen LogP contribution in [-0.4, -0.2) is 35.3 Å². The van der Waals surface area contributed by atoms with Crippen molar-refractivity contribution in [1.82, 2.24) is 19.5 Å². The van der Waals surface area contributed by atoms with Crippen LogP contribution in [0.15, 0.2) is 61.1 Å². The number of carbonyl (C=O) groups is 1. The number of aromatic nitrogens is 3. The standard InChI is InChI=1S/C16H14N4O3S/c1-24(22,23)19-16(21)14-11-20(13-7-3-2-4-8-13)18-15(14)12-6-5-9-17-10-12/h2-11H,1H3,(H,19,21). The van der Waals surface area contributed by atoms with Gasteiger partial charge in [-0.15, -0.1) is 0 Å². The molecule has 3 rings (SSSR count). The van der Waals surface area contributed by atoms with Crippen LogP contribution >= 0.6 is 0 Å². The Labute approximate surface area is 139 Å². The molecule has 24 heavy (non-hydrogen) atoms. The minimum absolute atomic E-state index is 0.150. The van der Waals surface area contributed by atoms with E-state index in [1.807, 2.05) is 35.1 Å². The molecule has 7 nitrogen and oxygen atoms in total. The van der Waals surface area contributed by atoms with Crippen LogP contribution in [0.5, 0.6) is 0 Å². The molecule has 2 aromatic heterocycles. The van der Waals surface area contributed by atoms with Crippen LogP contribution < -0.4 is 4.72 Å². The molecule has 8 heteroatoms. The third-order valence-electron chi connectivity index (χ3n) is 3.19. The van der Waals surface area contributed by atoms with Gasteiger partial charge in [-0.25, -0.2) is 17.8 Å². The van der Waals surface area contributed by atoms with Crippen LogP contribution in [0.1, 0.15) is 10.4 Å². The van der Waals surface area contributed by atoms with Crippen molar-refractivity contribution < 1.29 is 13.2 Å². The van der Waals surface area contributed by atoms with Gasteiger partial charge in [0.1, 0.15) is 5.69 Å². The maximum Gasteiger partial charge on any atom is 0.268 e. The molecule has 1 N–H and O–H groups in total. The third kappa shape index (κ3) is 3.49. The zero-order valence-electron chi connectivity index (χ0n) is 12.7. The molecule has 0 aliphatic carbocycles. The summed E-state index contributed by atoms with van der Waals surface area (Å²) in [5, 5.41) is 4.42. The van der Waals surface area contributed by atoms with E-state index in [0.717, 1.165) is 11.9 Å². The zero-order valence-corrected chi connectivity index (χ0v) is 13.6. The van der Waals surface area contributed by atoms with E-state index in [-0.39, 0.29) is 5.56 Å². The lowest BCUT2D eigenvalue weighted by atomic mass is 10.1. The Morgan fingerprint density at radius 3 is 2.50 bits per heavy atom. The van der Waals surface area contributed by atoms with Crippen molar-refractivity contribution in [3.8, 4) is 16.9 Å². The summed E-state index contributed by atoms with van der Waals surface area (Å²) in [5.41, 5.74) is 1.87. The molecule has 0 spiro atoms. The number of nitrogens with zero attached hydrogens (tertiary/aromatic N) is 3. The molecule has 3 aromatic rings. The monoisotopic (exact) mass is 342 g/mol. The van der Waals surface area contributed by atoms with Crippen LogP contribution in [0.4, 0.5) is 0 Å². The first-order valence-corrected chi connectivity index (χ1v) is 8.91. The van der Waals surface area contributed by atoms with Gasteiger partial charge in [0.2, 0.25) is 10.0 Å². The molecule has 0 aliphatic heterocycles. The summed E-state index contributed by atoms with van der Waals surface area (Å²) in [4.78, 5) is 16.4. The van der Waals surface area contributed by atoms with E-state index < -0.39 is 15.9 Å². The summed E-state index contributed by atoms with van der Waals surface area (Å²) in [6.07, 6.45) is 5.59. The van der Waals surface area contributed by atoms with Gasteiger partial charge in [-0.2, -0.15) is 5.10 Å². The van der Waals surface area contributed by atoms with Gasteiger partial charge in [0, 0.05) is 24.2 Å². The molecule has 0 atom stereocenters. The maximum atomic E-state index is 12.3. The van der Waals surface area contributed by atoms with Gasteiger partial charge in [0.05, 0.1) is 17.5 Å². The van der Waals surface area contributed by atoms with Gasteiger partial charge in [-0.05, 0) is 24.3 Å². The van der Waals surface area contributed by atoms with E-state index in [0.29, 0.717) is 11.3 Å². The lowest BCUT2D eigenvalue weighted by molar-refractivity contribution is 0.0982. The summed E-state index contributed by atoms with van der Waals surface area (Å²) in [7, 11) is -3.68. The molecule has 0 radical (unpaired) electrons. The van der Waals surface area contributed by atoms with Crippen molar-refractivity contribution in [2.75, 3.05) is 6.26 Å². The SMILES string of the molecule is CS(=O)(=O)NC(=O)c1cn(-c2ccccc2)nc1-c1cccnc1. The average Bonchev–Trinajstić information content (AvgIpc) is 3.00. The zero-order chi connectivity index (χ0) is 17.2. The minimum atomic E-state index is -3.68. The van der Waals surface area contributed by atoms with E-state index >= 15 is 0 Å². The van der Waals surface area contributed by atoms with Crippen molar-refractivity contribution in [1.29, 1.82) is 0 Å². The fraction of sp³-hybridized carbons (Fsp3) is 0.0625. The first kappa shape index (κ1) is 15.9. The highest BCUT2D eigenvalue weighted by Gasteiger charge is 2.21. The van der Waals surface area contributed by atoms with Crippen molar-refractivity contribution in [2.24, 2.45) is 0 Å². The van der Waals surface area contributed by atoms with Crippen LogP contribution in [-0.2, 0) is 10.0 Å². The van der Waals surface area contributed by atoms with Gasteiger partial charge in [-0.1, -0.05) is 18.2 Å². The highest BCUT2D eigenvalue weighted by molar-refractivity contribution is 7.89. The summed E-state index contributed by atoms with van der Waals surface area (Å²) in [5.74, 6) is -0.737. The molecule has 0 bridgehead atoms. The normalized spacial score (nSPS) is 11.2. The second kappa shape index (κ2) is 6.25. The first-order chi connectivity index (χ1) is 11.4. The van der Waals surface area contributed by atoms with Crippen molar-refractivity contribution >= 4 is 15.9 Å². The van der Waals surface area contributed by atoms with Gasteiger partial charge in [0.15, 0.2) is 0 Å². The summed E-state index contributed by atoms with van der Waals surface area (Å²) in [6.45, 7) is 0. The predicted octanol–water partition coefficient (Wildman–Crippen LogP) is 1.62. The fourth-order valence-electron chi connectivity index (χ4n) is 2.19. The Morgan fingerprint density at radius 1 is 1.12 bits per heavy atom. The van der Waals surface area contributed by atoms with Crippen LogP contribution in [0.25, 0.3) is 16.9 Å². The number of amides is 1. The van der Waals surface area contributed by atoms with Gasteiger partial charge < -0.3 is 0 Å². The Bertz CT molecular complexity index is 967. The average molecular weight is 342 g/mol. The number of carbonyl (C=O) groups excluding carboxylic acids is 1. The molecule has 122 valence electrons. The number of hydrogen-bond donors (Lipinski definition) is 1. The van der Waals surface area contributed by atoms with E-state index in [1.54, 1.807) is 24.5 Å². The van der Waals surface area contributed by atoms with Gasteiger partial charge >= 0.3 is 0 Å². The topological polar surface area (TPSA) is 94.0 Å². The molecule has 2 heterocycles. The number of rotatable bonds is 4. The Balaban J connectivity index is 2.12.